The molecule has 140 valence electrons. The third kappa shape index (κ3) is 3.70. The molecule has 0 saturated carbocycles. The maximum absolute atomic E-state index is 12.9. The zero-order chi connectivity index (χ0) is 18.9. The Morgan fingerprint density at radius 2 is 2.12 bits per heavy atom. The molecule has 0 bridgehead atoms. The normalized spacial score (nSPS) is 25.7. The van der Waals surface area contributed by atoms with Crippen molar-refractivity contribution in [3.63, 3.8) is 0 Å². The fraction of sp³-hybridized carbons (Fsp3) is 0.500. The summed E-state index contributed by atoms with van der Waals surface area (Å²) in [5, 5.41) is 2.65. The molecule has 0 radical (unpaired) electrons. The standard InChI is InChI=1S/C18H21FN2O4S/c1-11(16(23)20-9-12-3-5-13(19)6-4-12)25-17(24)14-10-26-18(2)8-7-15(22)21(14)18/h3-6,11,14H,7-10H2,1-2H3,(H,20,23)/t11-,14-,18+/m1/s1. The number of nitrogens with zero attached hydrogens (tertiary/aromatic N) is 1. The van der Waals surface area contributed by atoms with E-state index in [1.54, 1.807) is 28.8 Å². The summed E-state index contributed by atoms with van der Waals surface area (Å²) >= 11 is 1.57. The van der Waals surface area contributed by atoms with Gasteiger partial charge in [-0.2, -0.15) is 0 Å². The van der Waals surface area contributed by atoms with Crippen molar-refractivity contribution < 1.29 is 23.5 Å². The zero-order valence-electron chi connectivity index (χ0n) is 14.7. The number of nitrogens with one attached hydrogen (secondary N) is 1. The molecule has 26 heavy (non-hydrogen) atoms. The quantitative estimate of drug-likeness (QED) is 0.789. The molecule has 0 unspecified atom stereocenters. The Hall–Kier alpha value is -2.09. The Kier molecular flexibility index (Phi) is 5.22. The fourth-order valence-electron chi connectivity index (χ4n) is 3.24. The first-order chi connectivity index (χ1) is 12.3. The minimum Gasteiger partial charge on any atom is -0.451 e. The Labute approximate surface area is 155 Å². The molecule has 2 aliphatic heterocycles. The number of amides is 2. The molecule has 0 spiro atoms. The molecular formula is C18H21FN2O4S. The van der Waals surface area contributed by atoms with E-state index in [0.717, 1.165) is 5.56 Å². The van der Waals surface area contributed by atoms with Gasteiger partial charge in [0.2, 0.25) is 5.91 Å². The average Bonchev–Trinajstić information content (AvgIpc) is 3.10. The van der Waals surface area contributed by atoms with Crippen LogP contribution < -0.4 is 5.32 Å². The van der Waals surface area contributed by atoms with Gasteiger partial charge in [0.15, 0.2) is 6.10 Å². The number of benzene rings is 1. The lowest BCUT2D eigenvalue weighted by molar-refractivity contribution is -0.161. The van der Waals surface area contributed by atoms with Gasteiger partial charge in [0.05, 0.1) is 4.87 Å². The van der Waals surface area contributed by atoms with Gasteiger partial charge in [0.1, 0.15) is 11.9 Å². The van der Waals surface area contributed by atoms with E-state index in [1.807, 2.05) is 6.92 Å². The number of thioether (sulfide) groups is 1. The molecule has 1 aromatic carbocycles. The molecule has 0 aromatic heterocycles. The van der Waals surface area contributed by atoms with E-state index in [9.17, 15) is 18.8 Å². The van der Waals surface area contributed by atoms with Gasteiger partial charge in [-0.15, -0.1) is 11.8 Å². The van der Waals surface area contributed by atoms with Crippen LogP contribution in [0.2, 0.25) is 0 Å². The number of carbonyl (C=O) groups is 3. The van der Waals surface area contributed by atoms with Gasteiger partial charge in [-0.05, 0) is 38.0 Å². The molecule has 2 saturated heterocycles. The smallest absolute Gasteiger partial charge is 0.330 e. The van der Waals surface area contributed by atoms with Gasteiger partial charge in [-0.1, -0.05) is 12.1 Å². The van der Waals surface area contributed by atoms with E-state index in [4.69, 9.17) is 4.74 Å². The maximum atomic E-state index is 12.9. The molecule has 3 atom stereocenters. The highest BCUT2D eigenvalue weighted by atomic mass is 32.2. The number of rotatable bonds is 5. The van der Waals surface area contributed by atoms with Crippen LogP contribution in [0.15, 0.2) is 24.3 Å². The molecule has 6 nitrogen and oxygen atoms in total. The third-order valence-corrected chi connectivity index (χ3v) is 6.26. The van der Waals surface area contributed by atoms with Gasteiger partial charge in [-0.25, -0.2) is 9.18 Å². The third-order valence-electron chi connectivity index (χ3n) is 4.76. The molecule has 3 rings (SSSR count). The number of halogens is 1. The maximum Gasteiger partial charge on any atom is 0.330 e. The Balaban J connectivity index is 1.53. The first kappa shape index (κ1) is 18.7. The van der Waals surface area contributed by atoms with Crippen LogP contribution in [0.4, 0.5) is 4.39 Å². The van der Waals surface area contributed by atoms with Crippen LogP contribution in [-0.2, 0) is 25.7 Å². The van der Waals surface area contributed by atoms with Crippen LogP contribution >= 0.6 is 11.8 Å². The van der Waals surface area contributed by atoms with Gasteiger partial charge < -0.3 is 15.0 Å². The van der Waals surface area contributed by atoms with Crippen LogP contribution in [0.1, 0.15) is 32.3 Å². The SMILES string of the molecule is C[C@@H](OC(=O)[C@H]1CS[C@@]2(C)CCC(=O)N12)C(=O)NCc1ccc(F)cc1. The summed E-state index contributed by atoms with van der Waals surface area (Å²) in [7, 11) is 0. The molecular weight excluding hydrogens is 359 g/mol. The highest BCUT2D eigenvalue weighted by Crippen LogP contribution is 2.47. The van der Waals surface area contributed by atoms with E-state index in [1.165, 1.54) is 19.1 Å². The Morgan fingerprint density at radius 3 is 2.81 bits per heavy atom. The van der Waals surface area contributed by atoms with E-state index >= 15 is 0 Å². The lowest BCUT2D eigenvalue weighted by Crippen LogP contribution is -2.48. The summed E-state index contributed by atoms with van der Waals surface area (Å²) in [6, 6.07) is 5.12. The van der Waals surface area contributed by atoms with Crippen molar-refractivity contribution >= 4 is 29.5 Å². The van der Waals surface area contributed by atoms with E-state index < -0.39 is 24.0 Å². The topological polar surface area (TPSA) is 75.7 Å². The van der Waals surface area contributed by atoms with Crippen molar-refractivity contribution in [1.82, 2.24) is 10.2 Å². The van der Waals surface area contributed by atoms with E-state index in [0.29, 0.717) is 18.6 Å². The average molecular weight is 380 g/mol. The molecule has 1 N–H and O–H groups in total. The van der Waals surface area contributed by atoms with Gasteiger partial charge >= 0.3 is 5.97 Å². The van der Waals surface area contributed by atoms with Crippen molar-refractivity contribution in [2.45, 2.75) is 50.3 Å². The number of fused-ring (bicyclic) bond motifs is 1. The molecule has 0 aliphatic carbocycles. The Bertz CT molecular complexity index is 726. The predicted octanol–water partition coefficient (Wildman–Crippen LogP) is 1.83. The lowest BCUT2D eigenvalue weighted by atomic mass is 10.2. The highest BCUT2D eigenvalue weighted by molar-refractivity contribution is 8.01. The summed E-state index contributed by atoms with van der Waals surface area (Å²) in [6.45, 7) is 3.66. The second-order valence-corrected chi connectivity index (χ2v) is 8.19. The largest absolute Gasteiger partial charge is 0.451 e. The number of carbonyl (C=O) groups excluding carboxylic acids is 3. The molecule has 1 aromatic rings. The number of hydrogen-bond donors (Lipinski definition) is 1. The van der Waals surface area contributed by atoms with Crippen LogP contribution in [0.3, 0.4) is 0 Å². The highest BCUT2D eigenvalue weighted by Gasteiger charge is 2.53. The fourth-order valence-corrected chi connectivity index (χ4v) is 4.65. The number of esters is 1. The van der Waals surface area contributed by atoms with Gasteiger partial charge in [0, 0.05) is 18.7 Å². The monoisotopic (exact) mass is 380 g/mol. The van der Waals surface area contributed by atoms with E-state index in [2.05, 4.69) is 5.32 Å². The van der Waals surface area contributed by atoms with Crippen LogP contribution in [-0.4, -0.2) is 45.5 Å². The zero-order valence-corrected chi connectivity index (χ0v) is 15.5. The summed E-state index contributed by atoms with van der Waals surface area (Å²) in [5.74, 6) is -0.914. The first-order valence-electron chi connectivity index (χ1n) is 8.49. The van der Waals surface area contributed by atoms with Crippen molar-refractivity contribution in [2.75, 3.05) is 5.75 Å². The second-order valence-electron chi connectivity index (χ2n) is 6.69. The van der Waals surface area contributed by atoms with Gasteiger partial charge in [-0.3, -0.25) is 9.59 Å². The van der Waals surface area contributed by atoms with Crippen molar-refractivity contribution in [2.24, 2.45) is 0 Å². The molecule has 8 heteroatoms. The Morgan fingerprint density at radius 1 is 1.42 bits per heavy atom. The molecule has 2 amide bonds. The minimum absolute atomic E-state index is 0.0483. The van der Waals surface area contributed by atoms with E-state index in [-0.39, 0.29) is 23.1 Å². The molecule has 2 aliphatic rings. The summed E-state index contributed by atoms with van der Waals surface area (Å²) in [5.41, 5.74) is 0.740. The summed E-state index contributed by atoms with van der Waals surface area (Å²) < 4.78 is 18.2. The van der Waals surface area contributed by atoms with Crippen LogP contribution in [0.5, 0.6) is 0 Å². The van der Waals surface area contributed by atoms with Crippen LogP contribution in [0.25, 0.3) is 0 Å². The second kappa shape index (κ2) is 7.26. The molecule has 2 heterocycles. The van der Waals surface area contributed by atoms with Crippen molar-refractivity contribution in [1.29, 1.82) is 0 Å². The van der Waals surface area contributed by atoms with Crippen molar-refractivity contribution in [3.05, 3.63) is 35.6 Å². The minimum atomic E-state index is -0.975. The lowest BCUT2D eigenvalue weighted by Gasteiger charge is -2.29. The number of hydrogen-bond acceptors (Lipinski definition) is 5. The number of ether oxygens (including phenoxy) is 1. The van der Waals surface area contributed by atoms with Crippen LogP contribution in [0, 0.1) is 5.82 Å². The summed E-state index contributed by atoms with van der Waals surface area (Å²) in [6.07, 6.45) is 0.173. The predicted molar refractivity (Wildman–Crippen MR) is 94.5 cm³/mol. The first-order valence-corrected chi connectivity index (χ1v) is 9.47. The summed E-state index contributed by atoms with van der Waals surface area (Å²) in [4.78, 5) is 37.9. The molecule has 2 fully saturated rings. The van der Waals surface area contributed by atoms with Gasteiger partial charge in [0.25, 0.3) is 5.91 Å². The van der Waals surface area contributed by atoms with Crippen molar-refractivity contribution in [3.8, 4) is 0 Å².